The summed E-state index contributed by atoms with van der Waals surface area (Å²) in [5, 5.41) is 16.9. The lowest BCUT2D eigenvalue weighted by Crippen LogP contribution is -2.12. The third-order valence-corrected chi connectivity index (χ3v) is 3.09. The molecule has 2 aromatic rings. The Bertz CT molecular complexity index is 499. The number of aromatic nitrogens is 3. The van der Waals surface area contributed by atoms with Crippen LogP contribution in [0.15, 0.2) is 30.6 Å². The van der Waals surface area contributed by atoms with Gasteiger partial charge < -0.3 is 10.4 Å². The second kappa shape index (κ2) is 4.18. The van der Waals surface area contributed by atoms with Crippen molar-refractivity contribution in [2.45, 2.75) is 12.3 Å². The van der Waals surface area contributed by atoms with Crippen LogP contribution in [0.3, 0.4) is 0 Å². The van der Waals surface area contributed by atoms with Crippen LogP contribution >= 0.6 is 0 Å². The molecule has 0 amide bonds. The fourth-order valence-corrected chi connectivity index (χ4v) is 2.20. The van der Waals surface area contributed by atoms with Crippen molar-refractivity contribution in [2.75, 3.05) is 13.1 Å². The van der Waals surface area contributed by atoms with Crippen LogP contribution < -0.4 is 5.32 Å². The number of phenols is 1. The summed E-state index contributed by atoms with van der Waals surface area (Å²) in [5.74, 6) is 1.67. The number of rotatable bonds is 2. The van der Waals surface area contributed by atoms with Gasteiger partial charge in [-0.15, -0.1) is 0 Å². The van der Waals surface area contributed by atoms with E-state index in [1.807, 2.05) is 16.8 Å². The molecule has 2 heterocycles. The molecule has 1 aromatic heterocycles. The Labute approximate surface area is 99.1 Å². The summed E-state index contributed by atoms with van der Waals surface area (Å²) in [6, 6.07) is 7.01. The molecule has 17 heavy (non-hydrogen) atoms. The highest BCUT2D eigenvalue weighted by molar-refractivity contribution is 5.36. The van der Waals surface area contributed by atoms with Gasteiger partial charge in [0, 0.05) is 12.5 Å². The highest BCUT2D eigenvalue weighted by atomic mass is 16.3. The summed E-state index contributed by atoms with van der Waals surface area (Å²) < 4.78 is 1.84. The molecule has 1 saturated heterocycles. The minimum atomic E-state index is 0.262. The molecule has 1 unspecified atom stereocenters. The van der Waals surface area contributed by atoms with E-state index in [0.717, 1.165) is 31.0 Å². The predicted molar refractivity (Wildman–Crippen MR) is 63.3 cm³/mol. The molecule has 1 aromatic carbocycles. The molecule has 88 valence electrons. The minimum absolute atomic E-state index is 0.262. The zero-order chi connectivity index (χ0) is 11.7. The van der Waals surface area contributed by atoms with Crippen LogP contribution in [0.2, 0.25) is 0 Å². The second-order valence-electron chi connectivity index (χ2n) is 4.24. The van der Waals surface area contributed by atoms with E-state index in [2.05, 4.69) is 15.4 Å². The minimum Gasteiger partial charge on any atom is -0.508 e. The maximum Gasteiger partial charge on any atom is 0.138 e. The SMILES string of the molecule is Oc1ccc(-n2ncnc2C2CCNC2)cc1. The molecule has 5 heteroatoms. The maximum absolute atomic E-state index is 9.28. The summed E-state index contributed by atoms with van der Waals surface area (Å²) in [6.45, 7) is 1.99. The van der Waals surface area contributed by atoms with Crippen molar-refractivity contribution >= 4 is 0 Å². The molecule has 1 aliphatic heterocycles. The van der Waals surface area contributed by atoms with Gasteiger partial charge in [0.1, 0.15) is 17.9 Å². The Morgan fingerprint density at radius 3 is 2.82 bits per heavy atom. The Morgan fingerprint density at radius 1 is 1.29 bits per heavy atom. The topological polar surface area (TPSA) is 63.0 Å². The van der Waals surface area contributed by atoms with E-state index in [9.17, 15) is 5.11 Å². The van der Waals surface area contributed by atoms with Gasteiger partial charge >= 0.3 is 0 Å². The Morgan fingerprint density at radius 2 is 2.12 bits per heavy atom. The number of phenolic OH excluding ortho intramolecular Hbond substituents is 1. The first-order valence-corrected chi connectivity index (χ1v) is 5.74. The van der Waals surface area contributed by atoms with Gasteiger partial charge in [0.25, 0.3) is 0 Å². The Hall–Kier alpha value is -1.88. The molecule has 0 aliphatic carbocycles. The lowest BCUT2D eigenvalue weighted by atomic mass is 10.1. The molecule has 5 nitrogen and oxygen atoms in total. The zero-order valence-electron chi connectivity index (χ0n) is 9.37. The Balaban J connectivity index is 1.97. The fraction of sp³-hybridized carbons (Fsp3) is 0.333. The molecule has 3 rings (SSSR count). The molecule has 1 aliphatic rings. The van der Waals surface area contributed by atoms with Crippen LogP contribution in [0, 0.1) is 0 Å². The van der Waals surface area contributed by atoms with Crippen molar-refractivity contribution in [2.24, 2.45) is 0 Å². The van der Waals surface area contributed by atoms with Gasteiger partial charge in [-0.3, -0.25) is 0 Å². The fourth-order valence-electron chi connectivity index (χ4n) is 2.20. The quantitative estimate of drug-likeness (QED) is 0.809. The lowest BCUT2D eigenvalue weighted by Gasteiger charge is -2.10. The smallest absolute Gasteiger partial charge is 0.138 e. The first-order chi connectivity index (χ1) is 8.34. The normalized spacial score (nSPS) is 19.6. The first kappa shape index (κ1) is 10.3. The molecule has 1 atom stereocenters. The van der Waals surface area contributed by atoms with E-state index in [4.69, 9.17) is 0 Å². The predicted octanol–water partition coefficient (Wildman–Crippen LogP) is 1.05. The van der Waals surface area contributed by atoms with E-state index < -0.39 is 0 Å². The van der Waals surface area contributed by atoms with Gasteiger partial charge in [-0.05, 0) is 37.2 Å². The third kappa shape index (κ3) is 1.89. The molecule has 0 radical (unpaired) electrons. The summed E-state index contributed by atoms with van der Waals surface area (Å²) >= 11 is 0. The van der Waals surface area contributed by atoms with Crippen LogP contribution in [-0.2, 0) is 0 Å². The number of nitrogens with one attached hydrogen (secondary N) is 1. The summed E-state index contributed by atoms with van der Waals surface area (Å²) in [4.78, 5) is 4.35. The van der Waals surface area contributed by atoms with Crippen molar-refractivity contribution < 1.29 is 5.11 Å². The van der Waals surface area contributed by atoms with Crippen molar-refractivity contribution in [3.63, 3.8) is 0 Å². The van der Waals surface area contributed by atoms with Crippen molar-refractivity contribution in [1.82, 2.24) is 20.1 Å². The third-order valence-electron chi connectivity index (χ3n) is 3.09. The largest absolute Gasteiger partial charge is 0.508 e. The van der Waals surface area contributed by atoms with Crippen molar-refractivity contribution in [1.29, 1.82) is 0 Å². The second-order valence-corrected chi connectivity index (χ2v) is 4.24. The van der Waals surface area contributed by atoms with Crippen LogP contribution in [0.1, 0.15) is 18.2 Å². The van der Waals surface area contributed by atoms with Gasteiger partial charge in [-0.2, -0.15) is 5.10 Å². The molecular formula is C12H14N4O. The van der Waals surface area contributed by atoms with E-state index in [-0.39, 0.29) is 5.75 Å². The number of aromatic hydroxyl groups is 1. The maximum atomic E-state index is 9.28. The molecular weight excluding hydrogens is 216 g/mol. The van der Waals surface area contributed by atoms with E-state index in [1.165, 1.54) is 0 Å². The Kier molecular flexibility index (Phi) is 2.53. The highest BCUT2D eigenvalue weighted by Crippen LogP contribution is 2.23. The van der Waals surface area contributed by atoms with Crippen molar-refractivity contribution in [3.8, 4) is 11.4 Å². The van der Waals surface area contributed by atoms with E-state index in [1.54, 1.807) is 18.5 Å². The lowest BCUT2D eigenvalue weighted by molar-refractivity contribution is 0.475. The average Bonchev–Trinajstić information content (AvgIpc) is 3.00. The summed E-state index contributed by atoms with van der Waals surface area (Å²) in [7, 11) is 0. The number of hydrogen-bond acceptors (Lipinski definition) is 4. The highest BCUT2D eigenvalue weighted by Gasteiger charge is 2.22. The van der Waals surface area contributed by atoms with E-state index >= 15 is 0 Å². The van der Waals surface area contributed by atoms with Crippen LogP contribution in [0.25, 0.3) is 5.69 Å². The summed E-state index contributed by atoms with van der Waals surface area (Å²) in [5.41, 5.74) is 0.933. The molecule has 1 fully saturated rings. The number of hydrogen-bond donors (Lipinski definition) is 2. The number of nitrogens with zero attached hydrogens (tertiary/aromatic N) is 3. The van der Waals surface area contributed by atoms with Gasteiger partial charge in [0.05, 0.1) is 5.69 Å². The standard InChI is InChI=1S/C12H14N4O/c17-11-3-1-10(2-4-11)16-12(14-8-15-16)9-5-6-13-7-9/h1-4,8-9,13,17H,5-7H2. The average molecular weight is 230 g/mol. The van der Waals surface area contributed by atoms with Gasteiger partial charge in [-0.25, -0.2) is 9.67 Å². The van der Waals surface area contributed by atoms with Gasteiger partial charge in [-0.1, -0.05) is 0 Å². The first-order valence-electron chi connectivity index (χ1n) is 5.74. The van der Waals surface area contributed by atoms with Gasteiger partial charge in [0.2, 0.25) is 0 Å². The monoisotopic (exact) mass is 230 g/mol. The van der Waals surface area contributed by atoms with Crippen LogP contribution in [0.4, 0.5) is 0 Å². The van der Waals surface area contributed by atoms with Crippen LogP contribution in [0.5, 0.6) is 5.75 Å². The number of benzene rings is 1. The van der Waals surface area contributed by atoms with Gasteiger partial charge in [0.15, 0.2) is 0 Å². The molecule has 0 bridgehead atoms. The molecule has 2 N–H and O–H groups in total. The zero-order valence-corrected chi connectivity index (χ0v) is 9.37. The van der Waals surface area contributed by atoms with E-state index in [0.29, 0.717) is 5.92 Å². The molecule has 0 saturated carbocycles. The summed E-state index contributed by atoms with van der Waals surface area (Å²) in [6.07, 6.45) is 2.68. The molecule has 0 spiro atoms. The van der Waals surface area contributed by atoms with Crippen molar-refractivity contribution in [3.05, 3.63) is 36.4 Å². The van der Waals surface area contributed by atoms with Crippen LogP contribution in [-0.4, -0.2) is 33.0 Å².